The summed E-state index contributed by atoms with van der Waals surface area (Å²) < 4.78 is 0. The van der Waals surface area contributed by atoms with Gasteiger partial charge in [-0.3, -0.25) is 15.1 Å². The van der Waals surface area contributed by atoms with Crippen LogP contribution in [0.25, 0.3) is 0 Å². The van der Waals surface area contributed by atoms with Gasteiger partial charge in [0.1, 0.15) is 5.75 Å². The predicted molar refractivity (Wildman–Crippen MR) is 104 cm³/mol. The van der Waals surface area contributed by atoms with Gasteiger partial charge in [0.15, 0.2) is 0 Å². The van der Waals surface area contributed by atoms with Crippen molar-refractivity contribution in [3.05, 3.63) is 87.4 Å². The van der Waals surface area contributed by atoms with E-state index >= 15 is 0 Å². The topological polar surface area (TPSA) is 75.7 Å². The number of nitrogens with zero attached hydrogens (tertiary/aromatic N) is 2. The fraction of sp³-hybridized carbons (Fsp3) is 0. The molecule has 0 amide bonds. The van der Waals surface area contributed by atoms with Gasteiger partial charge in [-0.25, -0.2) is 0 Å². The Balaban J connectivity index is 1.93. The zero-order valence-corrected chi connectivity index (χ0v) is 14.9. The molecule has 0 aromatic heterocycles. The summed E-state index contributed by atoms with van der Waals surface area (Å²) in [6, 6.07) is 18.6. The second-order valence-electron chi connectivity index (χ2n) is 5.26. The molecule has 0 saturated carbocycles. The van der Waals surface area contributed by atoms with Gasteiger partial charge in [0.2, 0.25) is 0 Å². The molecule has 3 aromatic rings. The molecule has 0 aliphatic carbocycles. The van der Waals surface area contributed by atoms with E-state index in [2.05, 4.69) is 4.99 Å². The Hall–Kier alpha value is -2.83. The minimum atomic E-state index is -0.405. The van der Waals surface area contributed by atoms with Crippen LogP contribution >= 0.6 is 23.4 Å². The molecule has 0 bridgehead atoms. The van der Waals surface area contributed by atoms with Crippen molar-refractivity contribution in [1.29, 1.82) is 0 Å². The molecule has 0 unspecified atom stereocenters. The fourth-order valence-electron chi connectivity index (χ4n) is 2.23. The number of phenols is 1. The summed E-state index contributed by atoms with van der Waals surface area (Å²) in [6.07, 6.45) is 1.51. The summed E-state index contributed by atoms with van der Waals surface area (Å²) in [4.78, 5) is 16.5. The van der Waals surface area contributed by atoms with Crippen LogP contribution in [0.2, 0.25) is 5.02 Å². The smallest absolute Gasteiger partial charge is 0.283 e. The van der Waals surface area contributed by atoms with Crippen LogP contribution in [0.3, 0.4) is 0 Å². The molecular weight excluding hydrogens is 372 g/mol. The van der Waals surface area contributed by atoms with E-state index in [1.165, 1.54) is 30.1 Å². The summed E-state index contributed by atoms with van der Waals surface area (Å²) in [7, 11) is 0. The molecule has 0 atom stereocenters. The number of aliphatic imine (C=N–C) groups is 1. The van der Waals surface area contributed by atoms with Crippen molar-refractivity contribution in [2.45, 2.75) is 9.79 Å². The average molecular weight is 385 g/mol. The lowest BCUT2D eigenvalue weighted by atomic mass is 10.2. The van der Waals surface area contributed by atoms with Crippen molar-refractivity contribution in [1.82, 2.24) is 0 Å². The van der Waals surface area contributed by atoms with Gasteiger partial charge in [-0.1, -0.05) is 47.6 Å². The first-order valence-electron chi connectivity index (χ1n) is 7.57. The van der Waals surface area contributed by atoms with Crippen LogP contribution in [-0.4, -0.2) is 16.2 Å². The minimum absolute atomic E-state index is 0.0452. The number of nitro benzene ring substituents is 1. The van der Waals surface area contributed by atoms with Crippen LogP contribution in [-0.2, 0) is 0 Å². The van der Waals surface area contributed by atoms with E-state index in [-0.39, 0.29) is 11.4 Å². The third kappa shape index (κ3) is 4.22. The Bertz CT molecular complexity index is 992. The van der Waals surface area contributed by atoms with Gasteiger partial charge in [0, 0.05) is 27.8 Å². The zero-order chi connectivity index (χ0) is 18.5. The van der Waals surface area contributed by atoms with E-state index in [0.717, 1.165) is 4.90 Å². The number of hydrogen-bond acceptors (Lipinski definition) is 5. The number of para-hydroxylation sites is 2. The maximum absolute atomic E-state index is 11.2. The summed E-state index contributed by atoms with van der Waals surface area (Å²) in [5.41, 5.74) is 1.17. The Morgan fingerprint density at radius 1 is 1.04 bits per heavy atom. The van der Waals surface area contributed by atoms with Crippen LogP contribution < -0.4 is 0 Å². The van der Waals surface area contributed by atoms with Crippen LogP contribution in [0.5, 0.6) is 5.75 Å². The van der Waals surface area contributed by atoms with Gasteiger partial charge >= 0.3 is 0 Å². The lowest BCUT2D eigenvalue weighted by molar-refractivity contribution is -0.387. The van der Waals surface area contributed by atoms with Crippen molar-refractivity contribution in [2.24, 2.45) is 4.99 Å². The minimum Gasteiger partial charge on any atom is -0.507 e. The molecule has 3 aromatic carbocycles. The molecule has 0 radical (unpaired) electrons. The number of aromatic hydroxyl groups is 1. The molecule has 0 aliphatic rings. The van der Waals surface area contributed by atoms with Crippen molar-refractivity contribution < 1.29 is 10.0 Å². The summed E-state index contributed by atoms with van der Waals surface area (Å²) in [6.45, 7) is 0. The predicted octanol–water partition coefficient (Wildman–Crippen LogP) is 5.86. The monoisotopic (exact) mass is 384 g/mol. The fourth-order valence-corrected chi connectivity index (χ4v) is 3.41. The SMILES string of the molecule is O=[N+]([O-])c1ccccc1Sc1ccccc1N=Cc1cc(Cl)ccc1O. The molecule has 3 rings (SSSR count). The number of rotatable bonds is 5. The lowest BCUT2D eigenvalue weighted by Crippen LogP contribution is -1.90. The van der Waals surface area contributed by atoms with Crippen molar-refractivity contribution in [3.8, 4) is 5.75 Å². The molecule has 7 heteroatoms. The highest BCUT2D eigenvalue weighted by Crippen LogP contribution is 2.39. The first-order chi connectivity index (χ1) is 12.5. The maximum Gasteiger partial charge on any atom is 0.283 e. The number of hydrogen-bond donors (Lipinski definition) is 1. The molecule has 0 fully saturated rings. The van der Waals surface area contributed by atoms with Crippen LogP contribution in [0.4, 0.5) is 11.4 Å². The molecule has 0 saturated heterocycles. The molecule has 0 spiro atoms. The third-order valence-corrected chi connectivity index (χ3v) is 4.84. The number of halogens is 1. The lowest BCUT2D eigenvalue weighted by Gasteiger charge is -2.06. The van der Waals surface area contributed by atoms with E-state index in [1.807, 2.05) is 18.2 Å². The number of nitro groups is 1. The van der Waals surface area contributed by atoms with Gasteiger partial charge in [-0.2, -0.15) is 0 Å². The molecular formula is C19H13ClN2O3S. The van der Waals surface area contributed by atoms with Gasteiger partial charge in [0.05, 0.1) is 15.5 Å². The van der Waals surface area contributed by atoms with Crippen molar-refractivity contribution >= 4 is 41.0 Å². The third-order valence-electron chi connectivity index (χ3n) is 3.48. The van der Waals surface area contributed by atoms with Crippen LogP contribution in [0.1, 0.15) is 5.56 Å². The number of benzene rings is 3. The van der Waals surface area contributed by atoms with Crippen LogP contribution in [0.15, 0.2) is 81.5 Å². The van der Waals surface area contributed by atoms with Crippen molar-refractivity contribution in [2.75, 3.05) is 0 Å². The van der Waals surface area contributed by atoms with E-state index in [9.17, 15) is 15.2 Å². The Labute approximate surface area is 159 Å². The van der Waals surface area contributed by atoms with E-state index < -0.39 is 4.92 Å². The highest BCUT2D eigenvalue weighted by molar-refractivity contribution is 7.99. The second kappa shape index (κ2) is 8.03. The van der Waals surface area contributed by atoms with E-state index in [4.69, 9.17) is 11.6 Å². The molecule has 130 valence electrons. The quantitative estimate of drug-likeness (QED) is 0.340. The highest BCUT2D eigenvalue weighted by atomic mass is 35.5. The largest absolute Gasteiger partial charge is 0.507 e. The molecule has 0 heterocycles. The van der Waals surface area contributed by atoms with Gasteiger partial charge in [0.25, 0.3) is 5.69 Å². The zero-order valence-electron chi connectivity index (χ0n) is 13.4. The van der Waals surface area contributed by atoms with Gasteiger partial charge in [-0.05, 0) is 36.4 Å². The molecule has 1 N–H and O–H groups in total. The maximum atomic E-state index is 11.2. The Morgan fingerprint density at radius 3 is 2.50 bits per heavy atom. The standard InChI is InChI=1S/C19H13ClN2O3S/c20-14-9-10-17(23)13(11-14)12-21-15-5-1-3-7-18(15)26-19-8-4-2-6-16(19)22(24)25/h1-12,23H. The first kappa shape index (κ1) is 18.0. The van der Waals surface area contributed by atoms with E-state index in [1.54, 1.807) is 36.4 Å². The Morgan fingerprint density at radius 2 is 1.73 bits per heavy atom. The molecule has 0 aliphatic heterocycles. The average Bonchev–Trinajstić information content (AvgIpc) is 2.64. The van der Waals surface area contributed by atoms with Gasteiger partial charge < -0.3 is 5.11 Å². The summed E-state index contributed by atoms with van der Waals surface area (Å²) in [5.74, 6) is 0.0713. The Kier molecular flexibility index (Phi) is 5.55. The normalized spacial score (nSPS) is 11.0. The summed E-state index contributed by atoms with van der Waals surface area (Å²) in [5, 5.41) is 21.6. The molecule has 26 heavy (non-hydrogen) atoms. The second-order valence-corrected chi connectivity index (χ2v) is 6.78. The summed E-state index contributed by atoms with van der Waals surface area (Å²) >= 11 is 7.21. The number of phenolic OH excluding ortho intramolecular Hbond substituents is 1. The molecule has 5 nitrogen and oxygen atoms in total. The van der Waals surface area contributed by atoms with Crippen molar-refractivity contribution in [3.63, 3.8) is 0 Å². The highest BCUT2D eigenvalue weighted by Gasteiger charge is 2.14. The van der Waals surface area contributed by atoms with Crippen LogP contribution in [0, 0.1) is 10.1 Å². The first-order valence-corrected chi connectivity index (χ1v) is 8.77. The van der Waals surface area contributed by atoms with Gasteiger partial charge in [-0.15, -0.1) is 0 Å². The van der Waals surface area contributed by atoms with E-state index in [0.29, 0.717) is 21.2 Å².